The summed E-state index contributed by atoms with van der Waals surface area (Å²) in [6.07, 6.45) is 3.26. The average Bonchev–Trinajstić information content (AvgIpc) is 2.70. The first-order valence-corrected chi connectivity index (χ1v) is 10.3. The molecule has 4 rings (SSSR count). The van der Waals surface area contributed by atoms with Crippen LogP contribution in [0, 0.1) is 5.92 Å². The van der Waals surface area contributed by atoms with Crippen LogP contribution in [0.2, 0.25) is 5.15 Å². The molecule has 1 aromatic carbocycles. The number of piperidine rings is 1. The summed E-state index contributed by atoms with van der Waals surface area (Å²) in [5, 5.41) is 3.76. The van der Waals surface area contributed by atoms with E-state index in [1.54, 1.807) is 6.07 Å². The van der Waals surface area contributed by atoms with E-state index in [9.17, 15) is 4.79 Å². The molecule has 0 spiro atoms. The molecule has 28 heavy (non-hydrogen) atoms. The van der Waals surface area contributed by atoms with Crippen LogP contribution in [0.1, 0.15) is 19.3 Å². The molecular weight excluding hydrogens is 374 g/mol. The van der Waals surface area contributed by atoms with Crippen molar-refractivity contribution in [2.75, 3.05) is 43.4 Å². The van der Waals surface area contributed by atoms with Gasteiger partial charge in [0.15, 0.2) is 0 Å². The van der Waals surface area contributed by atoms with Crippen LogP contribution in [0.4, 0.5) is 16.3 Å². The number of amides is 2. The van der Waals surface area contributed by atoms with Crippen LogP contribution in [0.5, 0.6) is 0 Å². The quantitative estimate of drug-likeness (QED) is 0.770. The molecule has 2 aromatic rings. The van der Waals surface area contributed by atoms with Gasteiger partial charge in [-0.05, 0) is 68.1 Å². The Morgan fingerprint density at radius 3 is 2.79 bits per heavy atom. The van der Waals surface area contributed by atoms with Crippen LogP contribution in [0.3, 0.4) is 0 Å². The molecule has 0 atom stereocenters. The van der Waals surface area contributed by atoms with Crippen LogP contribution in [0.25, 0.3) is 11.1 Å². The van der Waals surface area contributed by atoms with Crippen LogP contribution in [-0.2, 0) is 0 Å². The zero-order chi connectivity index (χ0) is 19.5. The summed E-state index contributed by atoms with van der Waals surface area (Å²) < 4.78 is 0. The number of nitrogens with zero attached hydrogens (tertiary/aromatic N) is 3. The molecule has 2 aliphatic rings. The first kappa shape index (κ1) is 19.0. The van der Waals surface area contributed by atoms with Crippen LogP contribution in [0.15, 0.2) is 36.4 Å². The maximum absolute atomic E-state index is 13.1. The second-order valence-electron chi connectivity index (χ2n) is 7.55. The summed E-state index contributed by atoms with van der Waals surface area (Å²) in [6.45, 7) is 4.53. The Bertz CT molecular complexity index is 852. The maximum atomic E-state index is 13.1. The van der Waals surface area contributed by atoms with E-state index < -0.39 is 0 Å². The molecule has 0 bridgehead atoms. The highest BCUT2D eigenvalue weighted by atomic mass is 35.5. The van der Waals surface area contributed by atoms with Gasteiger partial charge in [0.1, 0.15) is 11.0 Å². The fraction of sp³-hybridized carbons (Fsp3) is 0.429. The highest BCUT2D eigenvalue weighted by Crippen LogP contribution is 2.31. The van der Waals surface area contributed by atoms with Crippen molar-refractivity contribution in [3.05, 3.63) is 41.6 Å². The molecule has 0 aliphatic carbocycles. The van der Waals surface area contributed by atoms with E-state index in [0.717, 1.165) is 68.8 Å². The Morgan fingerprint density at radius 1 is 1.18 bits per heavy atom. The van der Waals surface area contributed by atoms with Crippen molar-refractivity contribution in [3.8, 4) is 11.1 Å². The number of hydrogen-bond acceptors (Lipinski definition) is 4. The van der Waals surface area contributed by atoms with Crippen molar-refractivity contribution in [2.45, 2.75) is 19.3 Å². The van der Waals surface area contributed by atoms with Crippen molar-refractivity contribution >= 4 is 29.1 Å². The Hall–Kier alpha value is -2.31. The minimum absolute atomic E-state index is 0.100. The van der Waals surface area contributed by atoms with Crippen molar-refractivity contribution in [1.29, 1.82) is 0 Å². The molecule has 6 nitrogen and oxygen atoms in total. The summed E-state index contributed by atoms with van der Waals surface area (Å²) in [5.41, 5.74) is 8.34. The molecular formula is C21H26ClN5O. The summed E-state index contributed by atoms with van der Waals surface area (Å²) >= 11 is 6.28. The Balaban J connectivity index is 1.53. The first-order valence-electron chi connectivity index (χ1n) is 9.91. The number of carbonyl (C=O) groups is 1. The number of urea groups is 1. The third-order valence-electron chi connectivity index (χ3n) is 5.59. The number of nitrogens with one attached hydrogen (secondary N) is 1. The molecule has 3 N–H and O–H groups in total. The van der Waals surface area contributed by atoms with Gasteiger partial charge in [-0.3, -0.25) is 4.90 Å². The lowest BCUT2D eigenvalue weighted by Gasteiger charge is -2.38. The fourth-order valence-corrected chi connectivity index (χ4v) is 4.34. The molecule has 2 amide bonds. The molecule has 2 fully saturated rings. The Morgan fingerprint density at radius 2 is 2.00 bits per heavy atom. The topological polar surface area (TPSA) is 74.5 Å². The van der Waals surface area contributed by atoms with Gasteiger partial charge < -0.3 is 16.0 Å². The van der Waals surface area contributed by atoms with E-state index in [1.807, 2.05) is 40.1 Å². The number of nitrogen functional groups attached to an aromatic ring is 1. The van der Waals surface area contributed by atoms with E-state index in [4.69, 9.17) is 17.3 Å². The lowest BCUT2D eigenvalue weighted by atomic mass is 9.97. The van der Waals surface area contributed by atoms with E-state index in [0.29, 0.717) is 16.9 Å². The minimum Gasteiger partial charge on any atom is -0.384 e. The van der Waals surface area contributed by atoms with Crippen LogP contribution in [-0.4, -0.2) is 48.6 Å². The van der Waals surface area contributed by atoms with Crippen molar-refractivity contribution in [1.82, 2.24) is 15.2 Å². The highest BCUT2D eigenvalue weighted by molar-refractivity contribution is 6.32. The van der Waals surface area contributed by atoms with Crippen LogP contribution >= 0.6 is 11.6 Å². The van der Waals surface area contributed by atoms with Gasteiger partial charge in [0, 0.05) is 30.9 Å². The van der Waals surface area contributed by atoms with E-state index in [2.05, 4.69) is 10.3 Å². The molecule has 2 aliphatic heterocycles. The number of benzene rings is 1. The van der Waals surface area contributed by atoms with Crippen molar-refractivity contribution in [3.63, 3.8) is 0 Å². The van der Waals surface area contributed by atoms with E-state index >= 15 is 0 Å². The largest absolute Gasteiger partial charge is 0.384 e. The molecule has 148 valence electrons. The maximum Gasteiger partial charge on any atom is 0.324 e. The van der Waals surface area contributed by atoms with Gasteiger partial charge in [-0.25, -0.2) is 9.78 Å². The number of carbonyl (C=O) groups excluding carboxylic acids is 1. The highest BCUT2D eigenvalue weighted by Gasteiger charge is 2.29. The third kappa shape index (κ3) is 4.08. The number of anilines is 2. The SMILES string of the molecule is Nc1ccc(-c2cccc(N3CCCN(CC4CCNCC4)C3=O)c2)c(Cl)n1. The number of aromatic nitrogens is 1. The summed E-state index contributed by atoms with van der Waals surface area (Å²) in [6, 6.07) is 11.6. The van der Waals surface area contributed by atoms with E-state index in [-0.39, 0.29) is 6.03 Å². The predicted octanol–water partition coefficient (Wildman–Crippen LogP) is 3.62. The molecule has 7 heteroatoms. The standard InChI is InChI=1S/C21H26ClN5O/c22-20-18(5-6-19(23)25-20)16-3-1-4-17(13-16)27-12-2-11-26(21(27)28)14-15-7-9-24-10-8-15/h1,3-6,13,15,24H,2,7-12,14H2,(H2,23,25). The molecule has 2 saturated heterocycles. The number of hydrogen-bond donors (Lipinski definition) is 2. The lowest BCUT2D eigenvalue weighted by Crippen LogP contribution is -2.51. The van der Waals surface area contributed by atoms with Gasteiger partial charge in [0.2, 0.25) is 0 Å². The smallest absolute Gasteiger partial charge is 0.324 e. The van der Waals surface area contributed by atoms with Crippen molar-refractivity contribution in [2.24, 2.45) is 5.92 Å². The second kappa shape index (κ2) is 8.37. The Labute approximate surface area is 170 Å². The minimum atomic E-state index is 0.100. The number of nitrogens with two attached hydrogens (primary N) is 1. The van der Waals surface area contributed by atoms with Crippen LogP contribution < -0.4 is 16.0 Å². The number of rotatable bonds is 4. The normalized spacial score (nSPS) is 18.5. The first-order chi connectivity index (χ1) is 13.6. The molecule has 0 saturated carbocycles. The third-order valence-corrected chi connectivity index (χ3v) is 5.88. The monoisotopic (exact) mass is 399 g/mol. The predicted molar refractivity (Wildman–Crippen MR) is 114 cm³/mol. The molecule has 0 radical (unpaired) electrons. The molecule has 0 unspecified atom stereocenters. The van der Waals surface area contributed by atoms with Gasteiger partial charge >= 0.3 is 6.03 Å². The van der Waals surface area contributed by atoms with Crippen molar-refractivity contribution < 1.29 is 4.79 Å². The van der Waals surface area contributed by atoms with Gasteiger partial charge in [-0.1, -0.05) is 23.7 Å². The second-order valence-corrected chi connectivity index (χ2v) is 7.91. The van der Waals surface area contributed by atoms with Gasteiger partial charge in [-0.2, -0.15) is 0 Å². The van der Waals surface area contributed by atoms with E-state index in [1.165, 1.54) is 0 Å². The molecule has 3 heterocycles. The molecule has 1 aromatic heterocycles. The number of pyridine rings is 1. The van der Waals surface area contributed by atoms with Gasteiger partial charge in [-0.15, -0.1) is 0 Å². The average molecular weight is 400 g/mol. The lowest BCUT2D eigenvalue weighted by molar-refractivity contribution is 0.176. The van der Waals surface area contributed by atoms with Gasteiger partial charge in [0.25, 0.3) is 0 Å². The summed E-state index contributed by atoms with van der Waals surface area (Å²) in [7, 11) is 0. The van der Waals surface area contributed by atoms with Gasteiger partial charge in [0.05, 0.1) is 0 Å². The fourth-order valence-electron chi connectivity index (χ4n) is 4.07. The zero-order valence-corrected chi connectivity index (χ0v) is 16.7. The number of halogens is 1. The zero-order valence-electron chi connectivity index (χ0n) is 15.9. The summed E-state index contributed by atoms with van der Waals surface area (Å²) in [4.78, 5) is 21.2. The Kier molecular flexibility index (Phi) is 5.69. The summed E-state index contributed by atoms with van der Waals surface area (Å²) in [5.74, 6) is 0.987.